The minimum atomic E-state index is -1.04. The van der Waals surface area contributed by atoms with Crippen LogP contribution in [-0.2, 0) is 16.8 Å². The van der Waals surface area contributed by atoms with Gasteiger partial charge in [-0.3, -0.25) is 14.5 Å². The number of nitrogens with zero attached hydrogens (tertiary/aromatic N) is 1. The molecule has 6 nitrogen and oxygen atoms in total. The lowest BCUT2D eigenvalue weighted by molar-refractivity contribution is -0.131. The molecule has 2 aliphatic rings. The number of rotatable bonds is 3. The summed E-state index contributed by atoms with van der Waals surface area (Å²) < 4.78 is 0. The van der Waals surface area contributed by atoms with E-state index in [0.29, 0.717) is 12.1 Å². The zero-order chi connectivity index (χ0) is 17.4. The molecule has 128 valence electrons. The maximum atomic E-state index is 13.2. The van der Waals surface area contributed by atoms with E-state index < -0.39 is 11.6 Å². The molecule has 2 N–H and O–H groups in total. The van der Waals surface area contributed by atoms with Crippen LogP contribution in [-0.4, -0.2) is 34.2 Å². The lowest BCUT2D eigenvalue weighted by atomic mass is 9.84. The fourth-order valence-electron chi connectivity index (χ4n) is 3.85. The highest BCUT2D eigenvalue weighted by Gasteiger charge is 2.53. The Bertz CT molecular complexity index is 843. The number of amides is 3. The molecular weight excluding hydrogens is 318 g/mol. The standard InChI is InChI=1S/C19H19N3O3/c23-16(15-9-5-11-20-15)12-22-17(24)19(21-18(22)25)10-4-3-7-13-6-1-2-8-14(13)19/h1-2,5-6,8-9,11,20H,3-4,7,10,12H2,(H,21,25). The van der Waals surface area contributed by atoms with E-state index >= 15 is 0 Å². The molecule has 1 saturated heterocycles. The summed E-state index contributed by atoms with van der Waals surface area (Å²) >= 11 is 0. The van der Waals surface area contributed by atoms with Crippen molar-refractivity contribution in [3.8, 4) is 0 Å². The number of benzene rings is 1. The van der Waals surface area contributed by atoms with Crippen LogP contribution in [0.1, 0.15) is 40.9 Å². The number of carbonyl (C=O) groups excluding carboxylic acids is 3. The molecular formula is C19H19N3O3. The molecule has 6 heteroatoms. The number of Topliss-reactive ketones (excluding diaryl/α,β-unsaturated/α-hetero) is 1. The van der Waals surface area contributed by atoms with Crippen molar-refractivity contribution in [1.29, 1.82) is 0 Å². The Balaban J connectivity index is 1.68. The van der Waals surface area contributed by atoms with Gasteiger partial charge in [0.2, 0.25) is 0 Å². The van der Waals surface area contributed by atoms with E-state index in [1.54, 1.807) is 18.3 Å². The van der Waals surface area contributed by atoms with E-state index in [-0.39, 0.29) is 18.2 Å². The van der Waals surface area contributed by atoms with Gasteiger partial charge in [0.15, 0.2) is 5.78 Å². The number of imide groups is 1. The van der Waals surface area contributed by atoms with Gasteiger partial charge in [-0.05, 0) is 48.9 Å². The monoisotopic (exact) mass is 337 g/mol. The van der Waals surface area contributed by atoms with Crippen LogP contribution in [0, 0.1) is 0 Å². The predicted molar refractivity (Wildman–Crippen MR) is 91.0 cm³/mol. The molecule has 1 aliphatic carbocycles. The van der Waals surface area contributed by atoms with Crippen molar-refractivity contribution in [2.45, 2.75) is 31.2 Å². The van der Waals surface area contributed by atoms with Gasteiger partial charge in [-0.2, -0.15) is 0 Å². The van der Waals surface area contributed by atoms with Crippen LogP contribution in [0.5, 0.6) is 0 Å². The molecule has 0 bridgehead atoms. The fraction of sp³-hybridized carbons (Fsp3) is 0.316. The van der Waals surface area contributed by atoms with E-state index in [9.17, 15) is 14.4 Å². The zero-order valence-electron chi connectivity index (χ0n) is 13.7. The molecule has 1 fully saturated rings. The summed E-state index contributed by atoms with van der Waals surface area (Å²) in [6, 6.07) is 10.6. The topological polar surface area (TPSA) is 82.3 Å². The average molecular weight is 337 g/mol. The summed E-state index contributed by atoms with van der Waals surface area (Å²) in [5.41, 5.74) is 1.30. The zero-order valence-corrected chi connectivity index (χ0v) is 13.7. The maximum absolute atomic E-state index is 13.2. The van der Waals surface area contributed by atoms with E-state index in [1.165, 1.54) is 0 Å². The molecule has 2 aromatic rings. The Hall–Kier alpha value is -2.89. The van der Waals surface area contributed by atoms with Crippen LogP contribution in [0.2, 0.25) is 0 Å². The third kappa shape index (κ3) is 2.45. The minimum absolute atomic E-state index is 0.255. The van der Waals surface area contributed by atoms with Gasteiger partial charge in [-0.15, -0.1) is 0 Å². The van der Waals surface area contributed by atoms with Gasteiger partial charge in [-0.1, -0.05) is 24.3 Å². The summed E-state index contributed by atoms with van der Waals surface area (Å²) in [6.45, 7) is -0.255. The number of carbonyl (C=O) groups is 3. The Morgan fingerprint density at radius 3 is 2.76 bits per heavy atom. The second kappa shape index (κ2) is 5.88. The van der Waals surface area contributed by atoms with Crippen LogP contribution in [0.3, 0.4) is 0 Å². The number of aryl methyl sites for hydroxylation is 1. The van der Waals surface area contributed by atoms with Crippen molar-refractivity contribution in [2.24, 2.45) is 0 Å². The predicted octanol–water partition coefficient (Wildman–Crippen LogP) is 2.37. The third-order valence-electron chi connectivity index (χ3n) is 5.10. The SMILES string of the molecule is O=C(CN1C(=O)NC2(CCCCc3ccccc32)C1=O)c1ccc[nH]1. The van der Waals surface area contributed by atoms with E-state index in [0.717, 1.165) is 35.3 Å². The number of urea groups is 1. The summed E-state index contributed by atoms with van der Waals surface area (Å²) in [6.07, 6.45) is 4.91. The van der Waals surface area contributed by atoms with Gasteiger partial charge in [0.25, 0.3) is 5.91 Å². The lowest BCUT2D eigenvalue weighted by Gasteiger charge is -2.27. The fourth-order valence-corrected chi connectivity index (χ4v) is 3.85. The molecule has 0 saturated carbocycles. The van der Waals surface area contributed by atoms with Crippen LogP contribution in [0.25, 0.3) is 0 Å². The smallest absolute Gasteiger partial charge is 0.325 e. The molecule has 4 rings (SSSR count). The van der Waals surface area contributed by atoms with E-state index in [2.05, 4.69) is 10.3 Å². The number of aromatic nitrogens is 1. The lowest BCUT2D eigenvalue weighted by Crippen LogP contribution is -2.44. The summed E-state index contributed by atoms with van der Waals surface area (Å²) in [7, 11) is 0. The van der Waals surface area contributed by atoms with Gasteiger partial charge >= 0.3 is 6.03 Å². The normalized spacial score (nSPS) is 22.6. The molecule has 1 unspecified atom stereocenters. The van der Waals surface area contributed by atoms with Gasteiger partial charge in [0, 0.05) is 6.20 Å². The number of aromatic amines is 1. The van der Waals surface area contributed by atoms with Gasteiger partial charge in [-0.25, -0.2) is 4.79 Å². The minimum Gasteiger partial charge on any atom is -0.359 e. The van der Waals surface area contributed by atoms with Crippen LogP contribution in [0.15, 0.2) is 42.6 Å². The second-order valence-corrected chi connectivity index (χ2v) is 6.60. The van der Waals surface area contributed by atoms with Gasteiger partial charge < -0.3 is 10.3 Å². The quantitative estimate of drug-likeness (QED) is 0.666. The first kappa shape index (κ1) is 15.6. The Kier molecular flexibility index (Phi) is 3.67. The van der Waals surface area contributed by atoms with Crippen molar-refractivity contribution >= 4 is 17.7 Å². The van der Waals surface area contributed by atoms with Crippen LogP contribution >= 0.6 is 0 Å². The molecule has 1 aliphatic heterocycles. The van der Waals surface area contributed by atoms with Gasteiger partial charge in [0.05, 0.1) is 12.2 Å². The molecule has 0 radical (unpaired) electrons. The van der Waals surface area contributed by atoms with E-state index in [4.69, 9.17) is 0 Å². The highest BCUT2D eigenvalue weighted by molar-refractivity contribution is 6.11. The number of hydrogen-bond acceptors (Lipinski definition) is 3. The number of nitrogens with one attached hydrogen (secondary N) is 2. The number of H-pyrrole nitrogens is 1. The number of fused-ring (bicyclic) bond motifs is 2. The highest BCUT2D eigenvalue weighted by Crippen LogP contribution is 2.38. The number of hydrogen-bond donors (Lipinski definition) is 2. The molecule has 2 heterocycles. The summed E-state index contributed by atoms with van der Waals surface area (Å²) in [4.78, 5) is 41.9. The van der Waals surface area contributed by atoms with Crippen molar-refractivity contribution in [3.05, 3.63) is 59.4 Å². The molecule has 3 amide bonds. The average Bonchev–Trinajstić information content (AvgIpc) is 3.18. The van der Waals surface area contributed by atoms with Crippen molar-refractivity contribution in [3.63, 3.8) is 0 Å². The third-order valence-corrected chi connectivity index (χ3v) is 5.10. The highest BCUT2D eigenvalue weighted by atomic mass is 16.2. The Morgan fingerprint density at radius 1 is 1.12 bits per heavy atom. The van der Waals surface area contributed by atoms with Crippen molar-refractivity contribution < 1.29 is 14.4 Å². The first-order chi connectivity index (χ1) is 12.1. The van der Waals surface area contributed by atoms with Crippen molar-refractivity contribution in [1.82, 2.24) is 15.2 Å². The second-order valence-electron chi connectivity index (χ2n) is 6.60. The van der Waals surface area contributed by atoms with Crippen LogP contribution in [0.4, 0.5) is 4.79 Å². The Morgan fingerprint density at radius 2 is 1.96 bits per heavy atom. The Labute approximate surface area is 145 Å². The summed E-state index contributed by atoms with van der Waals surface area (Å²) in [5, 5.41) is 2.89. The molecule has 1 aromatic heterocycles. The first-order valence-electron chi connectivity index (χ1n) is 8.51. The first-order valence-corrected chi connectivity index (χ1v) is 8.51. The van der Waals surface area contributed by atoms with Gasteiger partial charge in [0.1, 0.15) is 5.54 Å². The molecule has 1 atom stereocenters. The van der Waals surface area contributed by atoms with Crippen molar-refractivity contribution in [2.75, 3.05) is 6.54 Å². The summed E-state index contributed by atoms with van der Waals surface area (Å²) in [5.74, 6) is -0.612. The molecule has 1 spiro atoms. The van der Waals surface area contributed by atoms with Crippen LogP contribution < -0.4 is 5.32 Å². The van der Waals surface area contributed by atoms with E-state index in [1.807, 2.05) is 24.3 Å². The molecule has 1 aromatic carbocycles. The largest absolute Gasteiger partial charge is 0.359 e. The maximum Gasteiger partial charge on any atom is 0.325 e. The molecule has 25 heavy (non-hydrogen) atoms. The number of ketones is 1.